The van der Waals surface area contributed by atoms with E-state index < -0.39 is 10.0 Å². The number of hydrogen-bond donors (Lipinski definition) is 2. The molecule has 2 fully saturated rings. The van der Waals surface area contributed by atoms with Gasteiger partial charge in [0.1, 0.15) is 0 Å². The van der Waals surface area contributed by atoms with Crippen molar-refractivity contribution < 1.29 is 13.2 Å². The van der Waals surface area contributed by atoms with E-state index in [1.54, 1.807) is 0 Å². The summed E-state index contributed by atoms with van der Waals surface area (Å²) in [5, 5.41) is 3.39. The molecule has 0 aromatic carbocycles. The number of unbranched alkanes of at least 4 members (excludes halogenated alkanes) is 1. The molecule has 18 heavy (non-hydrogen) atoms. The zero-order valence-electron chi connectivity index (χ0n) is 10.9. The molecule has 0 aromatic heterocycles. The Morgan fingerprint density at radius 3 is 2.61 bits per heavy atom. The lowest BCUT2D eigenvalue weighted by Crippen LogP contribution is -2.41. The predicted molar refractivity (Wildman–Crippen MR) is 71.0 cm³/mol. The van der Waals surface area contributed by atoms with Crippen molar-refractivity contribution in [3.63, 3.8) is 0 Å². The van der Waals surface area contributed by atoms with Crippen molar-refractivity contribution in [2.75, 3.05) is 25.5 Å². The van der Waals surface area contributed by atoms with E-state index in [-0.39, 0.29) is 11.8 Å². The van der Waals surface area contributed by atoms with Gasteiger partial charge in [0.2, 0.25) is 10.0 Å². The molecule has 1 aliphatic heterocycles. The zero-order chi connectivity index (χ0) is 12.8. The van der Waals surface area contributed by atoms with Crippen LogP contribution in [0.3, 0.4) is 0 Å². The van der Waals surface area contributed by atoms with Crippen molar-refractivity contribution in [2.24, 2.45) is 0 Å². The van der Waals surface area contributed by atoms with E-state index in [1.807, 2.05) is 0 Å². The molecule has 1 heterocycles. The molecule has 1 aliphatic carbocycles. The highest BCUT2D eigenvalue weighted by Gasteiger charge is 2.21. The van der Waals surface area contributed by atoms with Crippen LogP contribution in [0.5, 0.6) is 0 Å². The molecule has 0 radical (unpaired) electrons. The first kappa shape index (κ1) is 14.2. The Labute approximate surface area is 110 Å². The first-order chi connectivity index (χ1) is 8.66. The van der Waals surface area contributed by atoms with Gasteiger partial charge in [-0.15, -0.1) is 0 Å². The Balaban J connectivity index is 1.56. The van der Waals surface area contributed by atoms with Gasteiger partial charge in [0.15, 0.2) is 0 Å². The van der Waals surface area contributed by atoms with Crippen LogP contribution in [0.15, 0.2) is 0 Å². The third-order valence-electron chi connectivity index (χ3n) is 3.36. The summed E-state index contributed by atoms with van der Waals surface area (Å²) < 4.78 is 31.6. The van der Waals surface area contributed by atoms with Gasteiger partial charge < -0.3 is 10.1 Å². The van der Waals surface area contributed by atoms with Gasteiger partial charge in [-0.25, -0.2) is 13.1 Å². The maximum absolute atomic E-state index is 11.8. The molecular formula is C12H24N2O3S. The fourth-order valence-electron chi connectivity index (χ4n) is 2.16. The molecular weight excluding hydrogens is 252 g/mol. The Hall–Kier alpha value is -0.170. The number of hydrogen-bond acceptors (Lipinski definition) is 4. The Kier molecular flexibility index (Phi) is 5.41. The summed E-state index contributed by atoms with van der Waals surface area (Å²) >= 11 is 0. The van der Waals surface area contributed by atoms with Gasteiger partial charge in [0, 0.05) is 18.7 Å². The highest BCUT2D eigenvalue weighted by molar-refractivity contribution is 7.89. The molecule has 2 N–H and O–H groups in total. The maximum Gasteiger partial charge on any atom is 0.211 e. The molecule has 1 unspecified atom stereocenters. The summed E-state index contributed by atoms with van der Waals surface area (Å²) in [6.45, 7) is 2.21. The van der Waals surface area contributed by atoms with E-state index in [4.69, 9.17) is 4.74 Å². The number of sulfonamides is 1. The first-order valence-corrected chi connectivity index (χ1v) is 8.62. The van der Waals surface area contributed by atoms with Crippen LogP contribution in [0.1, 0.15) is 38.5 Å². The summed E-state index contributed by atoms with van der Waals surface area (Å²) in [5.74, 6) is 0.232. The topological polar surface area (TPSA) is 67.4 Å². The lowest BCUT2D eigenvalue weighted by molar-refractivity contribution is 0.0774. The van der Waals surface area contributed by atoms with Gasteiger partial charge in [-0.1, -0.05) is 0 Å². The molecule has 0 amide bonds. The second kappa shape index (κ2) is 6.84. The third-order valence-corrected chi connectivity index (χ3v) is 4.88. The minimum absolute atomic E-state index is 0.0201. The van der Waals surface area contributed by atoms with Gasteiger partial charge >= 0.3 is 0 Å². The van der Waals surface area contributed by atoms with Crippen LogP contribution < -0.4 is 10.0 Å². The van der Waals surface area contributed by atoms with E-state index in [9.17, 15) is 8.42 Å². The van der Waals surface area contributed by atoms with Crippen LogP contribution in [0.25, 0.3) is 0 Å². The van der Waals surface area contributed by atoms with Crippen LogP contribution in [0.4, 0.5) is 0 Å². The minimum Gasteiger partial charge on any atom is -0.380 e. The second-order valence-electron chi connectivity index (χ2n) is 5.29. The normalized spacial score (nSPS) is 25.2. The SMILES string of the molecule is O=S(=O)(CCCCNC1CC1)NC1CCCOC1. The molecule has 1 saturated carbocycles. The van der Waals surface area contributed by atoms with Crippen molar-refractivity contribution in [2.45, 2.75) is 50.6 Å². The van der Waals surface area contributed by atoms with Crippen LogP contribution in [-0.4, -0.2) is 46.0 Å². The fourth-order valence-corrected chi connectivity index (χ4v) is 3.55. The van der Waals surface area contributed by atoms with Gasteiger partial charge in [-0.2, -0.15) is 0 Å². The number of nitrogens with one attached hydrogen (secondary N) is 2. The Morgan fingerprint density at radius 2 is 1.94 bits per heavy atom. The molecule has 1 saturated heterocycles. The number of rotatable bonds is 8. The molecule has 2 rings (SSSR count). The summed E-state index contributed by atoms with van der Waals surface area (Å²) in [6.07, 6.45) is 6.05. The highest BCUT2D eigenvalue weighted by Crippen LogP contribution is 2.18. The van der Waals surface area contributed by atoms with E-state index in [0.717, 1.165) is 38.8 Å². The molecule has 2 aliphatic rings. The van der Waals surface area contributed by atoms with Crippen molar-refractivity contribution in [3.8, 4) is 0 Å². The van der Waals surface area contributed by atoms with Crippen molar-refractivity contribution >= 4 is 10.0 Å². The van der Waals surface area contributed by atoms with Crippen LogP contribution in [0, 0.1) is 0 Å². The van der Waals surface area contributed by atoms with Gasteiger partial charge in [0.05, 0.1) is 12.4 Å². The third kappa shape index (κ3) is 5.65. The van der Waals surface area contributed by atoms with Crippen molar-refractivity contribution in [1.82, 2.24) is 10.0 Å². The number of ether oxygens (including phenoxy) is 1. The molecule has 0 bridgehead atoms. The second-order valence-corrected chi connectivity index (χ2v) is 7.16. The lowest BCUT2D eigenvalue weighted by Gasteiger charge is -2.22. The monoisotopic (exact) mass is 276 g/mol. The van der Waals surface area contributed by atoms with E-state index >= 15 is 0 Å². The van der Waals surface area contributed by atoms with Crippen molar-refractivity contribution in [1.29, 1.82) is 0 Å². The standard InChI is InChI=1S/C12H24N2O3S/c15-18(16,14-12-4-3-8-17-10-12)9-2-1-7-13-11-5-6-11/h11-14H,1-10H2. The smallest absolute Gasteiger partial charge is 0.211 e. The Bertz CT molecular complexity index is 335. The zero-order valence-corrected chi connectivity index (χ0v) is 11.7. The van der Waals surface area contributed by atoms with Crippen LogP contribution in [-0.2, 0) is 14.8 Å². The van der Waals surface area contributed by atoms with Gasteiger partial charge in [-0.3, -0.25) is 0 Å². The summed E-state index contributed by atoms with van der Waals surface area (Å²) in [4.78, 5) is 0. The van der Waals surface area contributed by atoms with Gasteiger partial charge in [0.25, 0.3) is 0 Å². The molecule has 106 valence electrons. The molecule has 0 aromatic rings. The summed E-state index contributed by atoms with van der Waals surface area (Å²) in [6, 6.07) is 0.687. The maximum atomic E-state index is 11.8. The minimum atomic E-state index is -3.12. The lowest BCUT2D eigenvalue weighted by atomic mass is 10.1. The van der Waals surface area contributed by atoms with E-state index in [0.29, 0.717) is 12.6 Å². The van der Waals surface area contributed by atoms with E-state index in [1.165, 1.54) is 12.8 Å². The van der Waals surface area contributed by atoms with Gasteiger partial charge in [-0.05, 0) is 45.1 Å². The quantitative estimate of drug-likeness (QED) is 0.638. The van der Waals surface area contributed by atoms with E-state index in [2.05, 4.69) is 10.0 Å². The molecule has 1 atom stereocenters. The first-order valence-electron chi connectivity index (χ1n) is 6.97. The fraction of sp³-hybridized carbons (Fsp3) is 1.00. The Morgan fingerprint density at radius 1 is 1.11 bits per heavy atom. The average molecular weight is 276 g/mol. The van der Waals surface area contributed by atoms with Crippen LogP contribution >= 0.6 is 0 Å². The summed E-state index contributed by atoms with van der Waals surface area (Å²) in [5.41, 5.74) is 0. The largest absolute Gasteiger partial charge is 0.380 e. The molecule has 5 nitrogen and oxygen atoms in total. The highest BCUT2D eigenvalue weighted by atomic mass is 32.2. The summed E-state index contributed by atoms with van der Waals surface area (Å²) in [7, 11) is -3.12. The molecule has 6 heteroatoms. The van der Waals surface area contributed by atoms with Crippen molar-refractivity contribution in [3.05, 3.63) is 0 Å². The van der Waals surface area contributed by atoms with Crippen LogP contribution in [0.2, 0.25) is 0 Å². The molecule has 0 spiro atoms. The predicted octanol–water partition coefficient (Wildman–Crippen LogP) is 0.617. The average Bonchev–Trinajstić information content (AvgIpc) is 3.13.